The smallest absolute Gasteiger partial charge is 0.297 e. The molecule has 0 amide bonds. The fraction of sp³-hybridized carbons (Fsp3) is 0.583. The van der Waals surface area contributed by atoms with Crippen molar-refractivity contribution in [2.75, 3.05) is 0 Å². The SMILES string of the molecule is CCCn1ncnc1Cn1ccn(C(C)C)c1=O. The van der Waals surface area contributed by atoms with Gasteiger partial charge >= 0.3 is 5.69 Å². The average molecular weight is 249 g/mol. The molecule has 0 aromatic carbocycles. The minimum atomic E-state index is -0.00366. The van der Waals surface area contributed by atoms with Gasteiger partial charge in [-0.2, -0.15) is 5.10 Å². The maximum absolute atomic E-state index is 12.1. The third kappa shape index (κ3) is 2.37. The van der Waals surface area contributed by atoms with Gasteiger partial charge in [-0.25, -0.2) is 14.5 Å². The van der Waals surface area contributed by atoms with Gasteiger partial charge in [-0.05, 0) is 20.3 Å². The Morgan fingerprint density at radius 1 is 1.33 bits per heavy atom. The first-order chi connectivity index (χ1) is 8.63. The second-order valence-corrected chi connectivity index (χ2v) is 4.61. The fourth-order valence-electron chi connectivity index (χ4n) is 1.90. The Morgan fingerprint density at radius 2 is 2.11 bits per heavy atom. The Bertz CT molecular complexity index is 563. The summed E-state index contributed by atoms with van der Waals surface area (Å²) in [6, 6.07) is 0.173. The minimum absolute atomic E-state index is 0.00366. The van der Waals surface area contributed by atoms with Crippen LogP contribution in [0.1, 0.15) is 39.1 Å². The highest BCUT2D eigenvalue weighted by Gasteiger charge is 2.09. The van der Waals surface area contributed by atoms with Gasteiger partial charge in [0.25, 0.3) is 0 Å². The van der Waals surface area contributed by atoms with Crippen molar-refractivity contribution in [2.45, 2.75) is 46.3 Å². The van der Waals surface area contributed by atoms with Crippen LogP contribution in [0, 0.1) is 0 Å². The molecule has 2 heterocycles. The van der Waals surface area contributed by atoms with E-state index in [2.05, 4.69) is 17.0 Å². The zero-order valence-electron chi connectivity index (χ0n) is 11.1. The molecule has 2 rings (SSSR count). The van der Waals surface area contributed by atoms with E-state index in [9.17, 15) is 4.79 Å². The predicted octanol–water partition coefficient (Wildman–Crippen LogP) is 1.28. The summed E-state index contributed by atoms with van der Waals surface area (Å²) in [5.41, 5.74) is -0.00366. The molecule has 0 saturated heterocycles. The number of aryl methyl sites for hydroxylation is 1. The monoisotopic (exact) mass is 249 g/mol. The second-order valence-electron chi connectivity index (χ2n) is 4.61. The molecule has 0 unspecified atom stereocenters. The van der Waals surface area contributed by atoms with Crippen LogP contribution in [0.5, 0.6) is 0 Å². The van der Waals surface area contributed by atoms with Gasteiger partial charge in [-0.1, -0.05) is 6.92 Å². The molecule has 0 aliphatic heterocycles. The van der Waals surface area contributed by atoms with Crippen LogP contribution in [-0.4, -0.2) is 23.9 Å². The maximum Gasteiger partial charge on any atom is 0.328 e. The second kappa shape index (κ2) is 5.20. The molecule has 2 aromatic rings. The van der Waals surface area contributed by atoms with Crippen molar-refractivity contribution in [3.05, 3.63) is 35.0 Å². The first kappa shape index (κ1) is 12.6. The van der Waals surface area contributed by atoms with E-state index in [4.69, 9.17) is 0 Å². The Morgan fingerprint density at radius 3 is 2.72 bits per heavy atom. The highest BCUT2D eigenvalue weighted by atomic mass is 16.1. The molecule has 0 aliphatic carbocycles. The van der Waals surface area contributed by atoms with Gasteiger partial charge < -0.3 is 0 Å². The molecule has 0 N–H and O–H groups in total. The third-order valence-electron chi connectivity index (χ3n) is 2.87. The molecule has 0 atom stereocenters. The van der Waals surface area contributed by atoms with Crippen LogP contribution in [0.15, 0.2) is 23.5 Å². The summed E-state index contributed by atoms with van der Waals surface area (Å²) >= 11 is 0. The molecule has 0 bridgehead atoms. The topological polar surface area (TPSA) is 57.6 Å². The summed E-state index contributed by atoms with van der Waals surface area (Å²) in [4.78, 5) is 16.3. The summed E-state index contributed by atoms with van der Waals surface area (Å²) in [7, 11) is 0. The Kier molecular flexibility index (Phi) is 3.64. The number of rotatable bonds is 5. The number of nitrogens with zero attached hydrogens (tertiary/aromatic N) is 5. The molecule has 6 nitrogen and oxygen atoms in total. The maximum atomic E-state index is 12.1. The van der Waals surface area contributed by atoms with Crippen molar-refractivity contribution in [1.29, 1.82) is 0 Å². The minimum Gasteiger partial charge on any atom is -0.297 e. The van der Waals surface area contributed by atoms with Crippen LogP contribution in [0.3, 0.4) is 0 Å². The molecule has 18 heavy (non-hydrogen) atoms. The summed E-state index contributed by atoms with van der Waals surface area (Å²) in [5.74, 6) is 0.820. The van der Waals surface area contributed by atoms with E-state index in [0.717, 1.165) is 18.8 Å². The first-order valence-electron chi connectivity index (χ1n) is 6.27. The number of aromatic nitrogens is 5. The average Bonchev–Trinajstić information content (AvgIpc) is 2.89. The zero-order valence-corrected chi connectivity index (χ0v) is 11.1. The van der Waals surface area contributed by atoms with Gasteiger partial charge in [0.05, 0.1) is 6.54 Å². The normalized spacial score (nSPS) is 11.3. The lowest BCUT2D eigenvalue weighted by molar-refractivity contribution is 0.531. The molecule has 0 aliphatic rings. The van der Waals surface area contributed by atoms with Crippen LogP contribution in [0.2, 0.25) is 0 Å². The first-order valence-corrected chi connectivity index (χ1v) is 6.27. The Labute approximate surface area is 106 Å². The molecular weight excluding hydrogens is 230 g/mol. The van der Waals surface area contributed by atoms with E-state index in [0.29, 0.717) is 6.54 Å². The summed E-state index contributed by atoms with van der Waals surface area (Å²) in [6.07, 6.45) is 6.15. The lowest BCUT2D eigenvalue weighted by Gasteiger charge is -2.06. The highest BCUT2D eigenvalue weighted by molar-refractivity contribution is 4.91. The van der Waals surface area contributed by atoms with Gasteiger partial charge in [-0.3, -0.25) is 9.13 Å². The molecule has 2 aromatic heterocycles. The fourth-order valence-corrected chi connectivity index (χ4v) is 1.90. The largest absolute Gasteiger partial charge is 0.328 e. The van der Waals surface area contributed by atoms with Crippen LogP contribution in [0.4, 0.5) is 0 Å². The molecule has 0 spiro atoms. The van der Waals surface area contributed by atoms with Gasteiger partial charge in [0.15, 0.2) is 0 Å². The number of hydrogen-bond acceptors (Lipinski definition) is 3. The van der Waals surface area contributed by atoms with Crippen molar-refractivity contribution in [1.82, 2.24) is 23.9 Å². The number of hydrogen-bond donors (Lipinski definition) is 0. The summed E-state index contributed by atoms with van der Waals surface area (Å²) < 4.78 is 5.22. The highest BCUT2D eigenvalue weighted by Crippen LogP contribution is 2.02. The molecule has 98 valence electrons. The predicted molar refractivity (Wildman–Crippen MR) is 68.5 cm³/mol. The summed E-state index contributed by atoms with van der Waals surface area (Å²) in [5, 5.41) is 4.16. The molecule has 0 fully saturated rings. The quantitative estimate of drug-likeness (QED) is 0.802. The standard InChI is InChI=1S/C12H19N5O/c1-4-5-17-11(13-9-14-17)8-15-6-7-16(10(2)3)12(15)18/h6-7,9-10H,4-5,8H2,1-3H3. The molecular formula is C12H19N5O. The van der Waals surface area contributed by atoms with Crippen LogP contribution >= 0.6 is 0 Å². The van der Waals surface area contributed by atoms with Crippen molar-refractivity contribution in [3.63, 3.8) is 0 Å². The van der Waals surface area contributed by atoms with Crippen LogP contribution < -0.4 is 5.69 Å². The van der Waals surface area contributed by atoms with Crippen LogP contribution in [-0.2, 0) is 13.1 Å². The van der Waals surface area contributed by atoms with Crippen molar-refractivity contribution in [3.8, 4) is 0 Å². The van der Waals surface area contributed by atoms with E-state index < -0.39 is 0 Å². The van der Waals surface area contributed by atoms with Gasteiger partial charge in [0.1, 0.15) is 12.2 Å². The van der Waals surface area contributed by atoms with Crippen molar-refractivity contribution in [2.24, 2.45) is 0 Å². The lowest BCUT2D eigenvalue weighted by Crippen LogP contribution is -2.26. The van der Waals surface area contributed by atoms with Crippen molar-refractivity contribution < 1.29 is 0 Å². The number of imidazole rings is 1. The van der Waals surface area contributed by atoms with Gasteiger partial charge in [0, 0.05) is 25.0 Å². The third-order valence-corrected chi connectivity index (χ3v) is 2.87. The molecule has 0 radical (unpaired) electrons. The van der Waals surface area contributed by atoms with Crippen LogP contribution in [0.25, 0.3) is 0 Å². The van der Waals surface area contributed by atoms with Crippen molar-refractivity contribution >= 4 is 0 Å². The molecule has 6 heteroatoms. The van der Waals surface area contributed by atoms with E-state index >= 15 is 0 Å². The van der Waals surface area contributed by atoms with Gasteiger partial charge in [-0.15, -0.1) is 0 Å². The van der Waals surface area contributed by atoms with E-state index in [1.165, 1.54) is 6.33 Å². The van der Waals surface area contributed by atoms with E-state index in [1.54, 1.807) is 15.3 Å². The summed E-state index contributed by atoms with van der Waals surface area (Å²) in [6.45, 7) is 7.37. The molecule has 0 saturated carbocycles. The Hall–Kier alpha value is -1.85. The van der Waals surface area contributed by atoms with E-state index in [1.807, 2.05) is 24.7 Å². The van der Waals surface area contributed by atoms with E-state index in [-0.39, 0.29) is 11.7 Å². The Balaban J connectivity index is 2.24. The van der Waals surface area contributed by atoms with Gasteiger partial charge in [0.2, 0.25) is 0 Å². The zero-order chi connectivity index (χ0) is 13.1. The lowest BCUT2D eigenvalue weighted by atomic mass is 10.4.